The van der Waals surface area contributed by atoms with E-state index in [4.69, 9.17) is 9.84 Å². The molecule has 0 saturated heterocycles. The SMILES string of the molecule is O=C(O)C#CCNC(=O)C1CCCCCC1NC(=O)OCC1c2ccccc2-c2ccccc21. The Labute approximate surface area is 198 Å². The molecule has 0 heterocycles. The molecule has 3 N–H and O–H groups in total. The number of rotatable bonds is 5. The molecule has 7 nitrogen and oxygen atoms in total. The van der Waals surface area contributed by atoms with Gasteiger partial charge in [-0.1, -0.05) is 73.7 Å². The summed E-state index contributed by atoms with van der Waals surface area (Å²) in [5.41, 5.74) is 4.62. The number of hydrogen-bond donors (Lipinski definition) is 3. The summed E-state index contributed by atoms with van der Waals surface area (Å²) in [6.45, 7) is 0.174. The number of fused-ring (bicyclic) bond motifs is 3. The lowest BCUT2D eigenvalue weighted by molar-refractivity contribution is -0.130. The van der Waals surface area contributed by atoms with E-state index >= 15 is 0 Å². The molecular formula is C27H28N2O5. The van der Waals surface area contributed by atoms with Gasteiger partial charge >= 0.3 is 12.1 Å². The van der Waals surface area contributed by atoms with Crippen molar-refractivity contribution in [1.82, 2.24) is 10.6 Å². The Kier molecular flexibility index (Phi) is 7.48. The van der Waals surface area contributed by atoms with Gasteiger partial charge in [0.1, 0.15) is 6.61 Å². The zero-order chi connectivity index (χ0) is 23.9. The van der Waals surface area contributed by atoms with E-state index in [0.29, 0.717) is 12.8 Å². The minimum atomic E-state index is -1.24. The Hall–Kier alpha value is -3.79. The zero-order valence-corrected chi connectivity index (χ0v) is 18.9. The molecule has 2 atom stereocenters. The van der Waals surface area contributed by atoms with Crippen LogP contribution in [0.5, 0.6) is 0 Å². The highest BCUT2D eigenvalue weighted by atomic mass is 16.5. The van der Waals surface area contributed by atoms with Crippen molar-refractivity contribution in [2.75, 3.05) is 13.2 Å². The first-order valence-electron chi connectivity index (χ1n) is 11.7. The minimum absolute atomic E-state index is 0.0285. The van der Waals surface area contributed by atoms with E-state index in [9.17, 15) is 14.4 Å². The van der Waals surface area contributed by atoms with E-state index in [2.05, 4.69) is 40.8 Å². The zero-order valence-electron chi connectivity index (χ0n) is 18.9. The lowest BCUT2D eigenvalue weighted by atomic mass is 9.94. The molecule has 4 rings (SSSR count). The summed E-state index contributed by atoms with van der Waals surface area (Å²) in [6.07, 6.45) is 3.59. The number of ether oxygens (including phenoxy) is 1. The molecule has 0 aromatic heterocycles. The summed E-state index contributed by atoms with van der Waals surface area (Å²) in [4.78, 5) is 36.0. The maximum absolute atomic E-state index is 12.8. The number of carbonyl (C=O) groups is 3. The molecular weight excluding hydrogens is 432 g/mol. The van der Waals surface area contributed by atoms with Crippen LogP contribution in [-0.2, 0) is 14.3 Å². The van der Waals surface area contributed by atoms with Crippen LogP contribution in [0.1, 0.15) is 49.1 Å². The summed E-state index contributed by atoms with van der Waals surface area (Å²) in [5.74, 6) is 2.47. The number of carbonyl (C=O) groups excluding carboxylic acids is 2. The molecule has 34 heavy (non-hydrogen) atoms. The van der Waals surface area contributed by atoms with Gasteiger partial charge < -0.3 is 20.5 Å². The van der Waals surface area contributed by atoms with Crippen molar-refractivity contribution in [3.05, 3.63) is 59.7 Å². The lowest BCUT2D eigenvalue weighted by Gasteiger charge is -2.25. The third-order valence-corrected chi connectivity index (χ3v) is 6.55. The van der Waals surface area contributed by atoms with E-state index in [-0.39, 0.29) is 31.0 Å². The normalized spacial score (nSPS) is 18.9. The Bertz CT molecular complexity index is 1090. The number of benzene rings is 2. The van der Waals surface area contributed by atoms with Crippen LogP contribution < -0.4 is 10.6 Å². The summed E-state index contributed by atoms with van der Waals surface area (Å²) in [6, 6.07) is 16.0. The second kappa shape index (κ2) is 10.9. The molecule has 2 aromatic carbocycles. The Balaban J connectivity index is 1.38. The van der Waals surface area contributed by atoms with E-state index in [0.717, 1.165) is 30.4 Å². The van der Waals surface area contributed by atoms with E-state index in [1.54, 1.807) is 0 Å². The number of aliphatic carboxylic acids is 1. The van der Waals surface area contributed by atoms with Crippen molar-refractivity contribution in [2.24, 2.45) is 5.92 Å². The van der Waals surface area contributed by atoms with Crippen molar-refractivity contribution >= 4 is 18.0 Å². The fraction of sp³-hybridized carbons (Fsp3) is 0.370. The van der Waals surface area contributed by atoms with Crippen LogP contribution in [0.2, 0.25) is 0 Å². The average molecular weight is 461 g/mol. The number of nitrogens with one attached hydrogen (secondary N) is 2. The maximum Gasteiger partial charge on any atom is 0.407 e. The Morgan fingerprint density at radius 1 is 0.941 bits per heavy atom. The standard InChI is InChI=1S/C27H28N2O5/c30-25(31)15-8-16-28-26(32)22-13-2-1-3-14-24(22)29-27(33)34-17-23-20-11-6-4-9-18(20)19-10-5-7-12-21(19)23/h4-7,9-12,22-24H,1-3,13-14,16-17H2,(H,28,32)(H,29,33)(H,30,31). The predicted octanol–water partition coefficient (Wildman–Crippen LogP) is 3.68. The molecule has 7 heteroatoms. The highest BCUT2D eigenvalue weighted by Gasteiger charge is 2.32. The predicted molar refractivity (Wildman–Crippen MR) is 127 cm³/mol. The van der Waals surface area contributed by atoms with Gasteiger partial charge in [0.2, 0.25) is 5.91 Å². The second-order valence-electron chi connectivity index (χ2n) is 8.65. The first-order chi connectivity index (χ1) is 16.5. The maximum atomic E-state index is 12.8. The topological polar surface area (TPSA) is 105 Å². The largest absolute Gasteiger partial charge is 0.472 e. The van der Waals surface area contributed by atoms with Gasteiger partial charge in [-0.05, 0) is 35.1 Å². The van der Waals surface area contributed by atoms with Crippen molar-refractivity contribution in [1.29, 1.82) is 0 Å². The number of carboxylic acids is 1. The van der Waals surface area contributed by atoms with Crippen molar-refractivity contribution < 1.29 is 24.2 Å². The molecule has 0 aliphatic heterocycles. The van der Waals surface area contributed by atoms with Crippen molar-refractivity contribution in [2.45, 2.75) is 44.1 Å². The van der Waals surface area contributed by atoms with E-state index < -0.39 is 18.0 Å². The second-order valence-corrected chi connectivity index (χ2v) is 8.65. The summed E-state index contributed by atoms with van der Waals surface area (Å²) in [5, 5.41) is 14.2. The van der Waals surface area contributed by atoms with Gasteiger partial charge in [-0.25, -0.2) is 9.59 Å². The minimum Gasteiger partial charge on any atom is -0.472 e. The van der Waals surface area contributed by atoms with Crippen LogP contribution in [0.25, 0.3) is 11.1 Å². The van der Waals surface area contributed by atoms with E-state index in [1.165, 1.54) is 11.1 Å². The molecule has 1 fully saturated rings. The fourth-order valence-electron chi connectivity index (χ4n) is 4.97. The third kappa shape index (κ3) is 5.40. The first kappa shape index (κ1) is 23.4. The van der Waals surface area contributed by atoms with Gasteiger partial charge in [0.25, 0.3) is 0 Å². The number of amides is 2. The van der Waals surface area contributed by atoms with Gasteiger partial charge in [-0.15, -0.1) is 0 Å². The molecule has 1 saturated carbocycles. The summed E-state index contributed by atoms with van der Waals surface area (Å²) < 4.78 is 5.67. The number of alkyl carbamates (subject to hydrolysis) is 1. The molecule has 0 spiro atoms. The van der Waals surface area contributed by atoms with Crippen LogP contribution in [-0.4, -0.2) is 42.3 Å². The fourth-order valence-corrected chi connectivity index (χ4v) is 4.97. The quantitative estimate of drug-likeness (QED) is 0.466. The molecule has 176 valence electrons. The molecule has 2 aliphatic rings. The number of carboxylic acid groups (broad SMARTS) is 1. The summed E-state index contributed by atoms with van der Waals surface area (Å²) >= 11 is 0. The van der Waals surface area contributed by atoms with Crippen molar-refractivity contribution in [3.8, 4) is 23.0 Å². The third-order valence-electron chi connectivity index (χ3n) is 6.55. The number of hydrogen-bond acceptors (Lipinski definition) is 4. The monoisotopic (exact) mass is 460 g/mol. The van der Waals surface area contributed by atoms with Gasteiger partial charge in [-0.3, -0.25) is 4.79 Å². The van der Waals surface area contributed by atoms with Gasteiger partial charge in [0, 0.05) is 17.9 Å². The molecule has 0 radical (unpaired) electrons. The lowest BCUT2D eigenvalue weighted by Crippen LogP contribution is -2.46. The van der Waals surface area contributed by atoms with Crippen LogP contribution in [0.3, 0.4) is 0 Å². The van der Waals surface area contributed by atoms with Crippen LogP contribution in [0, 0.1) is 17.8 Å². The van der Waals surface area contributed by atoms with Gasteiger partial charge in [0.15, 0.2) is 0 Å². The highest BCUT2D eigenvalue weighted by molar-refractivity contribution is 5.86. The average Bonchev–Trinajstić information content (AvgIpc) is 2.96. The Morgan fingerprint density at radius 2 is 1.59 bits per heavy atom. The van der Waals surface area contributed by atoms with Crippen molar-refractivity contribution in [3.63, 3.8) is 0 Å². The molecule has 2 amide bonds. The first-order valence-corrected chi connectivity index (χ1v) is 11.7. The molecule has 2 aliphatic carbocycles. The van der Waals surface area contributed by atoms with Gasteiger partial charge in [0.05, 0.1) is 12.5 Å². The smallest absolute Gasteiger partial charge is 0.407 e. The van der Waals surface area contributed by atoms with Crippen LogP contribution in [0.15, 0.2) is 48.5 Å². The Morgan fingerprint density at radius 3 is 2.26 bits per heavy atom. The van der Waals surface area contributed by atoms with Gasteiger partial charge in [-0.2, -0.15) is 0 Å². The van der Waals surface area contributed by atoms with Crippen LogP contribution >= 0.6 is 0 Å². The van der Waals surface area contributed by atoms with Crippen LogP contribution in [0.4, 0.5) is 4.79 Å². The summed E-state index contributed by atoms with van der Waals surface area (Å²) in [7, 11) is 0. The molecule has 0 bridgehead atoms. The van der Waals surface area contributed by atoms with E-state index in [1.807, 2.05) is 30.2 Å². The molecule has 2 unspecified atom stereocenters. The molecule has 2 aromatic rings. The highest BCUT2D eigenvalue weighted by Crippen LogP contribution is 2.44.